The van der Waals surface area contributed by atoms with Crippen molar-refractivity contribution in [1.29, 1.82) is 0 Å². The third kappa shape index (κ3) is 3.40. The summed E-state index contributed by atoms with van der Waals surface area (Å²) in [6.07, 6.45) is 2.18. The van der Waals surface area contributed by atoms with E-state index in [1.165, 1.54) is 11.8 Å². The zero-order valence-corrected chi connectivity index (χ0v) is 11.2. The van der Waals surface area contributed by atoms with Gasteiger partial charge in [0.15, 0.2) is 5.69 Å². The Balaban J connectivity index is 1.96. The second-order valence-electron chi connectivity index (χ2n) is 3.87. The molecule has 0 spiro atoms. The molecule has 1 atom stereocenters. The van der Waals surface area contributed by atoms with Crippen LogP contribution in [0, 0.1) is 0 Å². The molecule has 18 heavy (non-hydrogen) atoms. The average Bonchev–Trinajstić information content (AvgIpc) is 2.93. The predicted molar refractivity (Wildman–Crippen MR) is 71.6 cm³/mol. The van der Waals surface area contributed by atoms with Crippen LogP contribution in [0.2, 0.25) is 0 Å². The number of alkyl halides is 1. The maximum atomic E-state index is 11.8. The predicted octanol–water partition coefficient (Wildman–Crippen LogP) is 1.54. The van der Waals surface area contributed by atoms with Gasteiger partial charge in [0.05, 0.1) is 6.20 Å². The summed E-state index contributed by atoms with van der Waals surface area (Å²) < 4.78 is 0. The highest BCUT2D eigenvalue weighted by Gasteiger charge is 2.14. The van der Waals surface area contributed by atoms with Gasteiger partial charge in [0.1, 0.15) is 0 Å². The average molecular weight is 309 g/mol. The third-order valence-corrected chi connectivity index (χ3v) is 3.28. The van der Waals surface area contributed by atoms with Crippen LogP contribution >= 0.6 is 15.9 Å². The molecule has 0 saturated carbocycles. The lowest BCUT2D eigenvalue weighted by atomic mass is 10.1. The van der Waals surface area contributed by atoms with Crippen LogP contribution in [0.15, 0.2) is 36.5 Å². The number of carbonyl (C=O) groups is 1. The van der Waals surface area contributed by atoms with E-state index in [1.807, 2.05) is 30.3 Å². The molecule has 1 aromatic carbocycles. The summed E-state index contributed by atoms with van der Waals surface area (Å²) in [5, 5.41) is 13.4. The number of nitrogens with one attached hydrogen (secondary N) is 2. The topological polar surface area (TPSA) is 70.7 Å². The van der Waals surface area contributed by atoms with Gasteiger partial charge < -0.3 is 5.32 Å². The van der Waals surface area contributed by atoms with Gasteiger partial charge in [-0.05, 0) is 12.0 Å². The largest absolute Gasteiger partial charge is 0.347 e. The number of halogens is 1. The standard InChI is InChI=1S/C12H13BrN4O/c13-7-10(6-9-4-2-1-3-5-9)15-12(18)11-8-14-17-16-11/h1-5,8,10H,6-7H2,(H,15,18)(H,14,16,17). The zero-order chi connectivity index (χ0) is 12.8. The number of hydrogen-bond acceptors (Lipinski definition) is 3. The highest BCUT2D eigenvalue weighted by molar-refractivity contribution is 9.09. The van der Waals surface area contributed by atoms with E-state index in [-0.39, 0.29) is 11.9 Å². The van der Waals surface area contributed by atoms with Crippen LogP contribution in [-0.4, -0.2) is 32.7 Å². The molecule has 0 fully saturated rings. The maximum Gasteiger partial charge on any atom is 0.273 e. The van der Waals surface area contributed by atoms with Gasteiger partial charge in [-0.25, -0.2) is 0 Å². The molecule has 0 bridgehead atoms. The van der Waals surface area contributed by atoms with Gasteiger partial charge >= 0.3 is 0 Å². The van der Waals surface area contributed by atoms with E-state index < -0.39 is 0 Å². The first-order valence-corrected chi connectivity index (χ1v) is 6.68. The van der Waals surface area contributed by atoms with Crippen LogP contribution in [-0.2, 0) is 6.42 Å². The van der Waals surface area contributed by atoms with Crippen molar-refractivity contribution in [2.75, 3.05) is 5.33 Å². The number of hydrogen-bond donors (Lipinski definition) is 2. The zero-order valence-electron chi connectivity index (χ0n) is 9.64. The molecule has 1 aromatic heterocycles. The lowest BCUT2D eigenvalue weighted by Crippen LogP contribution is -2.37. The minimum Gasteiger partial charge on any atom is -0.347 e. The molecule has 1 heterocycles. The molecule has 1 amide bonds. The van der Waals surface area contributed by atoms with Crippen molar-refractivity contribution < 1.29 is 4.79 Å². The SMILES string of the molecule is O=C(NC(CBr)Cc1ccccc1)c1cn[nH]n1. The maximum absolute atomic E-state index is 11.8. The lowest BCUT2D eigenvalue weighted by molar-refractivity contribution is 0.0936. The van der Waals surface area contributed by atoms with Gasteiger partial charge in [0.25, 0.3) is 5.91 Å². The Bertz CT molecular complexity index is 486. The Kier molecular flexibility index (Phi) is 4.46. The third-order valence-electron chi connectivity index (χ3n) is 2.49. The summed E-state index contributed by atoms with van der Waals surface area (Å²) >= 11 is 3.41. The van der Waals surface area contributed by atoms with E-state index in [1.54, 1.807) is 0 Å². The quantitative estimate of drug-likeness (QED) is 0.823. The van der Waals surface area contributed by atoms with E-state index in [0.717, 1.165) is 6.42 Å². The fraction of sp³-hybridized carbons (Fsp3) is 0.250. The van der Waals surface area contributed by atoms with Crippen molar-refractivity contribution in [2.24, 2.45) is 0 Å². The van der Waals surface area contributed by atoms with Crippen LogP contribution in [0.25, 0.3) is 0 Å². The number of H-pyrrole nitrogens is 1. The molecule has 0 saturated heterocycles. The molecule has 2 rings (SSSR count). The number of benzene rings is 1. The summed E-state index contributed by atoms with van der Waals surface area (Å²) in [6.45, 7) is 0. The Labute approximate surface area is 113 Å². The molecule has 0 aliphatic carbocycles. The summed E-state index contributed by atoms with van der Waals surface area (Å²) in [6, 6.07) is 10.0. The monoisotopic (exact) mass is 308 g/mol. The van der Waals surface area contributed by atoms with E-state index in [0.29, 0.717) is 11.0 Å². The van der Waals surface area contributed by atoms with Crippen molar-refractivity contribution >= 4 is 21.8 Å². The van der Waals surface area contributed by atoms with Gasteiger partial charge in [0, 0.05) is 11.4 Å². The van der Waals surface area contributed by atoms with E-state index in [4.69, 9.17) is 0 Å². The first-order valence-electron chi connectivity index (χ1n) is 5.56. The minimum absolute atomic E-state index is 0.0246. The molecular weight excluding hydrogens is 296 g/mol. The molecular formula is C12H13BrN4O. The Morgan fingerprint density at radius 2 is 2.17 bits per heavy atom. The first kappa shape index (κ1) is 12.8. The summed E-state index contributed by atoms with van der Waals surface area (Å²) in [7, 11) is 0. The van der Waals surface area contributed by atoms with Crippen molar-refractivity contribution in [2.45, 2.75) is 12.5 Å². The molecule has 5 nitrogen and oxygen atoms in total. The second-order valence-corrected chi connectivity index (χ2v) is 4.52. The number of carbonyl (C=O) groups excluding carboxylic acids is 1. The fourth-order valence-electron chi connectivity index (χ4n) is 1.61. The number of aromatic nitrogens is 3. The van der Waals surface area contributed by atoms with E-state index in [2.05, 4.69) is 36.7 Å². The number of amides is 1. The highest BCUT2D eigenvalue weighted by Crippen LogP contribution is 2.06. The Hall–Kier alpha value is -1.69. The summed E-state index contributed by atoms with van der Waals surface area (Å²) in [5.41, 5.74) is 1.48. The highest BCUT2D eigenvalue weighted by atomic mass is 79.9. The molecule has 2 aromatic rings. The number of aromatic amines is 1. The van der Waals surface area contributed by atoms with Crippen molar-refractivity contribution in [3.8, 4) is 0 Å². The van der Waals surface area contributed by atoms with Crippen LogP contribution < -0.4 is 5.32 Å². The van der Waals surface area contributed by atoms with Gasteiger partial charge in [-0.15, -0.1) is 0 Å². The smallest absolute Gasteiger partial charge is 0.273 e. The van der Waals surface area contributed by atoms with E-state index in [9.17, 15) is 4.79 Å². The van der Waals surface area contributed by atoms with Gasteiger partial charge in [0.2, 0.25) is 0 Å². The number of nitrogens with zero attached hydrogens (tertiary/aromatic N) is 2. The van der Waals surface area contributed by atoms with Crippen LogP contribution in [0.3, 0.4) is 0 Å². The second kappa shape index (κ2) is 6.30. The van der Waals surface area contributed by atoms with Crippen LogP contribution in [0.4, 0.5) is 0 Å². The van der Waals surface area contributed by atoms with Crippen LogP contribution in [0.5, 0.6) is 0 Å². The molecule has 94 valence electrons. The number of rotatable bonds is 5. The van der Waals surface area contributed by atoms with Crippen molar-refractivity contribution in [3.63, 3.8) is 0 Å². The van der Waals surface area contributed by atoms with E-state index >= 15 is 0 Å². The van der Waals surface area contributed by atoms with Crippen LogP contribution in [0.1, 0.15) is 16.1 Å². The summed E-state index contributed by atoms with van der Waals surface area (Å²) in [4.78, 5) is 11.8. The molecule has 0 radical (unpaired) electrons. The van der Waals surface area contributed by atoms with Gasteiger partial charge in [-0.3, -0.25) is 4.79 Å². The van der Waals surface area contributed by atoms with Crippen molar-refractivity contribution in [1.82, 2.24) is 20.7 Å². The Morgan fingerprint density at radius 1 is 1.39 bits per heavy atom. The first-order chi connectivity index (χ1) is 8.79. The van der Waals surface area contributed by atoms with Gasteiger partial charge in [-0.2, -0.15) is 15.4 Å². The molecule has 6 heteroatoms. The Morgan fingerprint density at radius 3 is 2.78 bits per heavy atom. The fourth-order valence-corrected chi connectivity index (χ4v) is 2.00. The van der Waals surface area contributed by atoms with Gasteiger partial charge in [-0.1, -0.05) is 46.3 Å². The normalized spacial score (nSPS) is 12.1. The summed E-state index contributed by atoms with van der Waals surface area (Å²) in [5.74, 6) is -0.218. The lowest BCUT2D eigenvalue weighted by Gasteiger charge is -2.15. The molecule has 1 unspecified atom stereocenters. The molecule has 2 N–H and O–H groups in total. The molecule has 0 aliphatic rings. The molecule has 0 aliphatic heterocycles. The van der Waals surface area contributed by atoms with Crippen molar-refractivity contribution in [3.05, 3.63) is 47.8 Å². The minimum atomic E-state index is -0.218.